The fourth-order valence-electron chi connectivity index (χ4n) is 2.34. The van der Waals surface area contributed by atoms with E-state index in [0.717, 1.165) is 12.0 Å². The first-order chi connectivity index (χ1) is 10.6. The van der Waals surface area contributed by atoms with Gasteiger partial charge in [-0.25, -0.2) is 0 Å². The Kier molecular flexibility index (Phi) is 4.66. The van der Waals surface area contributed by atoms with Crippen molar-refractivity contribution in [2.24, 2.45) is 0 Å². The van der Waals surface area contributed by atoms with Gasteiger partial charge in [-0.2, -0.15) is 10.5 Å². The van der Waals surface area contributed by atoms with Crippen molar-refractivity contribution in [1.29, 1.82) is 10.5 Å². The predicted molar refractivity (Wildman–Crippen MR) is 82.7 cm³/mol. The number of hydrogen-bond donors (Lipinski definition) is 1. The summed E-state index contributed by atoms with van der Waals surface area (Å²) in [5.41, 5.74) is 3.16. The molecule has 110 valence electrons. The number of ether oxygens (including phenoxy) is 1. The molecule has 0 atom stereocenters. The van der Waals surface area contributed by atoms with E-state index in [2.05, 4.69) is 13.0 Å². The van der Waals surface area contributed by atoms with Gasteiger partial charge < -0.3 is 9.84 Å². The molecule has 22 heavy (non-hydrogen) atoms. The van der Waals surface area contributed by atoms with Crippen LogP contribution in [0.1, 0.15) is 34.7 Å². The van der Waals surface area contributed by atoms with Crippen LogP contribution < -0.4 is 4.74 Å². The molecule has 0 radical (unpaired) electrons. The molecule has 0 aromatic heterocycles. The highest BCUT2D eigenvalue weighted by molar-refractivity contribution is 5.62. The van der Waals surface area contributed by atoms with Gasteiger partial charge in [0.25, 0.3) is 0 Å². The van der Waals surface area contributed by atoms with Gasteiger partial charge >= 0.3 is 0 Å². The van der Waals surface area contributed by atoms with Crippen LogP contribution in [0.15, 0.2) is 30.3 Å². The Morgan fingerprint density at radius 2 is 1.73 bits per heavy atom. The Labute approximate surface area is 129 Å². The molecule has 2 rings (SSSR count). The summed E-state index contributed by atoms with van der Waals surface area (Å²) in [5.74, 6) is -0.0811. The summed E-state index contributed by atoms with van der Waals surface area (Å²) in [6.45, 7) is 2.08. The van der Waals surface area contributed by atoms with E-state index in [1.807, 2.05) is 30.3 Å². The molecule has 0 saturated heterocycles. The lowest BCUT2D eigenvalue weighted by atomic mass is 9.94. The van der Waals surface area contributed by atoms with Crippen LogP contribution in [0.4, 0.5) is 0 Å². The lowest BCUT2D eigenvalue weighted by molar-refractivity contribution is 0.372. The van der Waals surface area contributed by atoms with Crippen molar-refractivity contribution < 1.29 is 9.84 Å². The van der Waals surface area contributed by atoms with Crippen molar-refractivity contribution in [3.63, 3.8) is 0 Å². The van der Waals surface area contributed by atoms with Gasteiger partial charge in [0.15, 0.2) is 11.5 Å². The smallest absolute Gasteiger partial charge is 0.176 e. The van der Waals surface area contributed by atoms with E-state index in [9.17, 15) is 15.6 Å². The van der Waals surface area contributed by atoms with Crippen LogP contribution in [0.2, 0.25) is 0 Å². The van der Waals surface area contributed by atoms with Gasteiger partial charge in [0.2, 0.25) is 0 Å². The second-order valence-electron chi connectivity index (χ2n) is 4.90. The fraction of sp³-hybridized carbons (Fsp3) is 0.222. The first-order valence-electron chi connectivity index (χ1n) is 6.95. The Balaban J connectivity index is 2.51. The average molecular weight is 292 g/mol. The van der Waals surface area contributed by atoms with Gasteiger partial charge in [0, 0.05) is 12.5 Å². The molecule has 4 heteroatoms. The molecular formula is C18H16N2O2. The molecule has 0 aliphatic heterocycles. The maximum absolute atomic E-state index is 10.1. The third-order valence-corrected chi connectivity index (χ3v) is 3.64. The molecule has 0 heterocycles. The Morgan fingerprint density at radius 3 is 2.23 bits per heavy atom. The Bertz CT molecular complexity index is 766. The number of hydrogen-bond acceptors (Lipinski definition) is 4. The topological polar surface area (TPSA) is 77.0 Å². The average Bonchev–Trinajstić information content (AvgIpc) is 2.56. The second kappa shape index (κ2) is 6.65. The van der Waals surface area contributed by atoms with E-state index < -0.39 is 0 Å². The number of nitrogens with zero attached hydrogens (tertiary/aromatic N) is 2. The highest BCUT2D eigenvalue weighted by Crippen LogP contribution is 2.35. The van der Waals surface area contributed by atoms with E-state index >= 15 is 0 Å². The highest BCUT2D eigenvalue weighted by Gasteiger charge is 2.18. The summed E-state index contributed by atoms with van der Waals surface area (Å²) in [6.07, 6.45) is 1.36. The minimum absolute atomic E-state index is 0.0930. The molecular weight excluding hydrogens is 276 g/mol. The zero-order chi connectivity index (χ0) is 16.1. The van der Waals surface area contributed by atoms with E-state index in [-0.39, 0.29) is 17.1 Å². The van der Waals surface area contributed by atoms with E-state index in [0.29, 0.717) is 17.5 Å². The first kappa shape index (κ1) is 15.4. The predicted octanol–water partition coefficient (Wildman–Crippen LogP) is 3.30. The molecule has 0 aliphatic carbocycles. The van der Waals surface area contributed by atoms with Crippen LogP contribution in [-0.2, 0) is 12.8 Å². The molecule has 0 aliphatic rings. The van der Waals surface area contributed by atoms with Crippen molar-refractivity contribution in [1.82, 2.24) is 0 Å². The van der Waals surface area contributed by atoms with E-state index in [1.54, 1.807) is 0 Å². The van der Waals surface area contributed by atoms with E-state index in [4.69, 9.17) is 4.74 Å². The quantitative estimate of drug-likeness (QED) is 0.938. The van der Waals surface area contributed by atoms with Crippen molar-refractivity contribution in [3.8, 4) is 23.6 Å². The largest absolute Gasteiger partial charge is 0.503 e. The standard InChI is InChI=1S/C18H16N2O2/c1-3-12-4-6-13(7-5-12)8-15-14(10-19)9-17(22-2)18(21)16(15)11-20/h4-7,9,21H,3,8H2,1-2H3. The number of phenolic OH excluding ortho intramolecular Hbond substituents is 1. The van der Waals surface area contributed by atoms with Crippen molar-refractivity contribution >= 4 is 0 Å². The summed E-state index contributed by atoms with van der Waals surface area (Å²) in [5, 5.41) is 28.7. The zero-order valence-corrected chi connectivity index (χ0v) is 12.6. The number of nitriles is 2. The summed E-state index contributed by atoms with van der Waals surface area (Å²) in [6, 6.07) is 13.5. The maximum atomic E-state index is 10.1. The highest BCUT2D eigenvalue weighted by atomic mass is 16.5. The van der Waals surface area contributed by atoms with Crippen LogP contribution in [-0.4, -0.2) is 12.2 Å². The molecule has 0 unspecified atom stereocenters. The molecule has 0 fully saturated rings. The SMILES string of the molecule is CCc1ccc(Cc2c(C#N)cc(OC)c(O)c2C#N)cc1. The molecule has 4 nitrogen and oxygen atoms in total. The summed E-state index contributed by atoms with van der Waals surface area (Å²) in [4.78, 5) is 0. The van der Waals surface area contributed by atoms with Gasteiger partial charge in [-0.05, 0) is 23.1 Å². The molecule has 0 amide bonds. The number of aromatic hydroxyl groups is 1. The van der Waals surface area contributed by atoms with Crippen molar-refractivity contribution in [3.05, 3.63) is 58.1 Å². The van der Waals surface area contributed by atoms with Crippen molar-refractivity contribution in [2.45, 2.75) is 19.8 Å². The van der Waals surface area contributed by atoms with Crippen molar-refractivity contribution in [2.75, 3.05) is 7.11 Å². The lowest BCUT2D eigenvalue weighted by Gasteiger charge is -2.12. The lowest BCUT2D eigenvalue weighted by Crippen LogP contribution is -2.00. The van der Waals surface area contributed by atoms with E-state index in [1.165, 1.54) is 18.7 Å². The number of phenols is 1. The third-order valence-electron chi connectivity index (χ3n) is 3.64. The summed E-state index contributed by atoms with van der Waals surface area (Å²) in [7, 11) is 1.39. The second-order valence-corrected chi connectivity index (χ2v) is 4.90. The van der Waals surface area contributed by atoms with Gasteiger partial charge in [0.1, 0.15) is 11.6 Å². The fourth-order valence-corrected chi connectivity index (χ4v) is 2.34. The van der Waals surface area contributed by atoms with Gasteiger partial charge in [-0.3, -0.25) is 0 Å². The maximum Gasteiger partial charge on any atom is 0.176 e. The molecule has 0 bridgehead atoms. The molecule has 2 aromatic rings. The number of benzene rings is 2. The van der Waals surface area contributed by atoms with Gasteiger partial charge in [-0.15, -0.1) is 0 Å². The zero-order valence-electron chi connectivity index (χ0n) is 12.6. The van der Waals surface area contributed by atoms with Crippen LogP contribution in [0, 0.1) is 22.7 Å². The number of methoxy groups -OCH3 is 1. The minimum Gasteiger partial charge on any atom is -0.503 e. The normalized spacial score (nSPS) is 9.82. The molecule has 2 aromatic carbocycles. The summed E-state index contributed by atoms with van der Waals surface area (Å²) >= 11 is 0. The van der Waals surface area contributed by atoms with Crippen LogP contribution in [0.25, 0.3) is 0 Å². The van der Waals surface area contributed by atoms with Crippen LogP contribution in [0.5, 0.6) is 11.5 Å². The monoisotopic (exact) mass is 292 g/mol. The van der Waals surface area contributed by atoms with Crippen LogP contribution >= 0.6 is 0 Å². The Morgan fingerprint density at radius 1 is 1.09 bits per heavy atom. The minimum atomic E-state index is -0.218. The van der Waals surface area contributed by atoms with Gasteiger partial charge in [-0.1, -0.05) is 31.2 Å². The van der Waals surface area contributed by atoms with Crippen LogP contribution in [0.3, 0.4) is 0 Å². The number of rotatable bonds is 4. The Hall–Kier alpha value is -2.98. The molecule has 0 spiro atoms. The first-order valence-corrected chi connectivity index (χ1v) is 6.95. The van der Waals surface area contributed by atoms with Gasteiger partial charge in [0.05, 0.1) is 18.7 Å². The molecule has 1 N–H and O–H groups in total. The number of aryl methyl sites for hydroxylation is 1. The third kappa shape index (κ3) is 2.87. The summed E-state index contributed by atoms with van der Waals surface area (Å²) < 4.78 is 5.01. The molecule has 0 saturated carbocycles.